The lowest BCUT2D eigenvalue weighted by Crippen LogP contribution is -2.04. The molecule has 0 radical (unpaired) electrons. The predicted molar refractivity (Wildman–Crippen MR) is 139 cm³/mol. The summed E-state index contributed by atoms with van der Waals surface area (Å²) in [5.74, 6) is 0.613. The third-order valence-corrected chi connectivity index (χ3v) is 6.93. The first-order valence-electron chi connectivity index (χ1n) is 12.4. The zero-order valence-electron chi connectivity index (χ0n) is 19.4. The minimum absolute atomic E-state index is 0.286. The van der Waals surface area contributed by atoms with Crippen LogP contribution in [0.3, 0.4) is 0 Å². The van der Waals surface area contributed by atoms with Crippen LogP contribution in [-0.2, 0) is 6.42 Å². The number of allylic oxidation sites excluding steroid dienone is 1. The number of ether oxygens (including phenoxy) is 1. The first-order valence-corrected chi connectivity index (χ1v) is 12.4. The SMILES string of the molecule is O=C(O)c1[nH]c2ccc(/C=C/C3CCCCC3)cc2c1CCCOc1cccc2ccccc12. The van der Waals surface area contributed by atoms with Crippen molar-refractivity contribution in [2.75, 3.05) is 6.61 Å². The van der Waals surface area contributed by atoms with Crippen LogP contribution in [0.1, 0.15) is 60.1 Å². The Kier molecular flexibility index (Phi) is 6.66. The Morgan fingerprint density at radius 1 is 1.00 bits per heavy atom. The van der Waals surface area contributed by atoms with Crippen molar-refractivity contribution in [1.29, 1.82) is 0 Å². The van der Waals surface area contributed by atoms with E-state index in [9.17, 15) is 9.90 Å². The molecular formula is C30H31NO3. The number of aromatic amines is 1. The maximum Gasteiger partial charge on any atom is 0.352 e. The molecule has 34 heavy (non-hydrogen) atoms. The van der Waals surface area contributed by atoms with Crippen molar-refractivity contribution in [3.05, 3.63) is 83.6 Å². The number of carboxylic acids is 1. The molecule has 4 nitrogen and oxygen atoms in total. The number of aryl methyl sites for hydroxylation is 1. The quantitative estimate of drug-likeness (QED) is 0.270. The molecule has 3 aromatic carbocycles. The Hall–Kier alpha value is -3.53. The van der Waals surface area contributed by atoms with E-state index in [-0.39, 0.29) is 5.69 Å². The zero-order valence-corrected chi connectivity index (χ0v) is 19.4. The van der Waals surface area contributed by atoms with E-state index < -0.39 is 5.97 Å². The lowest BCUT2D eigenvalue weighted by Gasteiger charge is -2.17. The lowest BCUT2D eigenvalue weighted by atomic mass is 9.88. The summed E-state index contributed by atoms with van der Waals surface area (Å²) in [6, 6.07) is 20.4. The van der Waals surface area contributed by atoms with Gasteiger partial charge in [-0.3, -0.25) is 0 Å². The largest absolute Gasteiger partial charge is 0.493 e. The van der Waals surface area contributed by atoms with Gasteiger partial charge in [0.05, 0.1) is 6.61 Å². The molecule has 0 aliphatic heterocycles. The number of carbonyl (C=O) groups is 1. The smallest absolute Gasteiger partial charge is 0.352 e. The third-order valence-electron chi connectivity index (χ3n) is 6.93. The molecule has 0 bridgehead atoms. The summed E-state index contributed by atoms with van der Waals surface area (Å²) in [5, 5.41) is 13.0. The van der Waals surface area contributed by atoms with Crippen molar-refractivity contribution in [3.8, 4) is 5.75 Å². The second-order valence-electron chi connectivity index (χ2n) is 9.28. The number of hydrogen-bond acceptors (Lipinski definition) is 2. The van der Waals surface area contributed by atoms with E-state index in [1.54, 1.807) is 0 Å². The van der Waals surface area contributed by atoms with Gasteiger partial charge in [0.15, 0.2) is 0 Å². The molecule has 1 saturated carbocycles. The Labute approximate surface area is 200 Å². The van der Waals surface area contributed by atoms with Gasteiger partial charge in [0.2, 0.25) is 0 Å². The molecular weight excluding hydrogens is 422 g/mol. The first kappa shape index (κ1) is 22.3. The van der Waals surface area contributed by atoms with Crippen molar-refractivity contribution in [3.63, 3.8) is 0 Å². The number of carboxylic acid groups (broad SMARTS) is 1. The molecule has 0 amide bonds. The monoisotopic (exact) mass is 453 g/mol. The molecule has 174 valence electrons. The van der Waals surface area contributed by atoms with Gasteiger partial charge < -0.3 is 14.8 Å². The number of rotatable bonds is 8. The molecule has 1 heterocycles. The van der Waals surface area contributed by atoms with Crippen LogP contribution in [0.25, 0.3) is 27.8 Å². The summed E-state index contributed by atoms with van der Waals surface area (Å²) < 4.78 is 6.09. The average molecular weight is 454 g/mol. The fourth-order valence-corrected chi connectivity index (χ4v) is 5.14. The van der Waals surface area contributed by atoms with Gasteiger partial charge in [-0.15, -0.1) is 0 Å². The van der Waals surface area contributed by atoms with E-state index in [0.717, 1.165) is 45.0 Å². The van der Waals surface area contributed by atoms with Gasteiger partial charge in [0.1, 0.15) is 11.4 Å². The number of H-pyrrole nitrogens is 1. The highest BCUT2D eigenvalue weighted by Crippen LogP contribution is 2.29. The molecule has 2 N–H and O–H groups in total. The molecule has 4 heteroatoms. The summed E-state index contributed by atoms with van der Waals surface area (Å²) in [4.78, 5) is 15.0. The van der Waals surface area contributed by atoms with E-state index in [0.29, 0.717) is 18.9 Å². The topological polar surface area (TPSA) is 62.3 Å². The van der Waals surface area contributed by atoms with Gasteiger partial charge in [-0.05, 0) is 66.3 Å². The molecule has 1 aliphatic rings. The van der Waals surface area contributed by atoms with Crippen molar-refractivity contribution >= 4 is 33.7 Å². The molecule has 0 unspecified atom stereocenters. The van der Waals surface area contributed by atoms with E-state index in [2.05, 4.69) is 47.5 Å². The number of nitrogens with one attached hydrogen (secondary N) is 1. The van der Waals surface area contributed by atoms with Crippen LogP contribution in [0.4, 0.5) is 0 Å². The summed E-state index contributed by atoms with van der Waals surface area (Å²) in [7, 11) is 0. The first-order chi connectivity index (χ1) is 16.7. The molecule has 1 fully saturated rings. The molecule has 5 rings (SSSR count). The van der Waals surface area contributed by atoms with Crippen molar-refractivity contribution < 1.29 is 14.6 Å². The number of aromatic carboxylic acids is 1. The van der Waals surface area contributed by atoms with Crippen LogP contribution >= 0.6 is 0 Å². The van der Waals surface area contributed by atoms with Crippen LogP contribution in [0.15, 0.2) is 66.7 Å². The Bertz CT molecular complexity index is 1320. The normalized spacial score (nSPS) is 14.8. The number of benzene rings is 3. The lowest BCUT2D eigenvalue weighted by molar-refractivity contribution is 0.0690. The number of hydrogen-bond donors (Lipinski definition) is 2. The maximum atomic E-state index is 11.9. The second kappa shape index (κ2) is 10.2. The fourth-order valence-electron chi connectivity index (χ4n) is 5.14. The standard InChI is InChI=1S/C30H31NO3/c32-30(33)29-25(13-7-19-34-28-14-6-11-23-10-4-5-12-24(23)28)26-20-22(17-18-27(26)31-29)16-15-21-8-2-1-3-9-21/h4-6,10-12,14-18,20-21,31H,1-3,7-9,13,19H2,(H,32,33)/b16-15+. The van der Waals surface area contributed by atoms with Crippen molar-refractivity contribution in [1.82, 2.24) is 4.98 Å². The maximum absolute atomic E-state index is 11.9. The van der Waals surface area contributed by atoms with Crippen LogP contribution in [0.2, 0.25) is 0 Å². The van der Waals surface area contributed by atoms with Gasteiger partial charge in [-0.25, -0.2) is 4.79 Å². The van der Waals surface area contributed by atoms with E-state index >= 15 is 0 Å². The number of fused-ring (bicyclic) bond motifs is 2. The molecule has 1 aliphatic carbocycles. The van der Waals surface area contributed by atoms with E-state index in [1.165, 1.54) is 32.1 Å². The third kappa shape index (κ3) is 4.86. The highest BCUT2D eigenvalue weighted by atomic mass is 16.5. The molecule has 0 atom stereocenters. The van der Waals surface area contributed by atoms with Gasteiger partial charge in [0, 0.05) is 16.3 Å². The van der Waals surface area contributed by atoms with Gasteiger partial charge in [-0.2, -0.15) is 0 Å². The highest BCUT2D eigenvalue weighted by Gasteiger charge is 2.17. The summed E-state index contributed by atoms with van der Waals surface area (Å²) in [6.07, 6.45) is 12.4. The Morgan fingerprint density at radius 2 is 1.82 bits per heavy atom. The zero-order chi connectivity index (χ0) is 23.3. The van der Waals surface area contributed by atoms with Crippen LogP contribution in [0.5, 0.6) is 5.75 Å². The minimum atomic E-state index is -0.916. The summed E-state index contributed by atoms with van der Waals surface area (Å²) in [6.45, 7) is 0.529. The van der Waals surface area contributed by atoms with Gasteiger partial charge >= 0.3 is 5.97 Å². The van der Waals surface area contributed by atoms with Crippen LogP contribution in [0, 0.1) is 5.92 Å². The Balaban J connectivity index is 1.32. The summed E-state index contributed by atoms with van der Waals surface area (Å²) >= 11 is 0. The second-order valence-corrected chi connectivity index (χ2v) is 9.28. The molecule has 1 aromatic heterocycles. The molecule has 4 aromatic rings. The van der Waals surface area contributed by atoms with E-state index in [1.807, 2.05) is 30.3 Å². The predicted octanol–water partition coefficient (Wildman–Crippen LogP) is 7.62. The van der Waals surface area contributed by atoms with E-state index in [4.69, 9.17) is 4.74 Å². The fraction of sp³-hybridized carbons (Fsp3) is 0.300. The Morgan fingerprint density at radius 3 is 2.68 bits per heavy atom. The van der Waals surface area contributed by atoms with Crippen molar-refractivity contribution in [2.45, 2.75) is 44.9 Å². The average Bonchev–Trinajstić information content (AvgIpc) is 3.24. The molecule has 0 spiro atoms. The van der Waals surface area contributed by atoms with Crippen LogP contribution in [-0.4, -0.2) is 22.7 Å². The number of aromatic nitrogens is 1. The highest BCUT2D eigenvalue weighted by molar-refractivity contribution is 5.98. The summed E-state index contributed by atoms with van der Waals surface area (Å²) in [5.41, 5.74) is 3.14. The van der Waals surface area contributed by atoms with Crippen molar-refractivity contribution in [2.24, 2.45) is 5.92 Å². The van der Waals surface area contributed by atoms with Crippen LogP contribution < -0.4 is 4.74 Å². The van der Waals surface area contributed by atoms with Gasteiger partial charge in [-0.1, -0.05) is 73.9 Å². The molecule has 0 saturated heterocycles. The van der Waals surface area contributed by atoms with Gasteiger partial charge in [0.25, 0.3) is 0 Å². The minimum Gasteiger partial charge on any atom is -0.493 e.